The normalized spacial score (nSPS) is 17.3. The van der Waals surface area contributed by atoms with E-state index in [1.165, 1.54) is 11.0 Å². The molecule has 122 valence electrons. The average Bonchev–Trinajstić information content (AvgIpc) is 3.25. The van der Waals surface area contributed by atoms with Gasteiger partial charge in [-0.3, -0.25) is 4.79 Å². The van der Waals surface area contributed by atoms with E-state index in [4.69, 9.17) is 9.47 Å². The lowest BCUT2D eigenvalue weighted by molar-refractivity contribution is -0.133. The van der Waals surface area contributed by atoms with Gasteiger partial charge < -0.3 is 14.4 Å². The lowest BCUT2D eigenvalue weighted by Crippen LogP contribution is -2.33. The molecule has 3 rings (SSSR count). The first-order valence-corrected chi connectivity index (χ1v) is 7.45. The highest BCUT2D eigenvalue weighted by Gasteiger charge is 2.30. The van der Waals surface area contributed by atoms with E-state index < -0.39 is 0 Å². The van der Waals surface area contributed by atoms with Crippen LogP contribution >= 0.6 is 0 Å². The van der Waals surface area contributed by atoms with Crippen molar-refractivity contribution >= 4 is 5.91 Å². The van der Waals surface area contributed by atoms with E-state index >= 15 is 0 Å². The lowest BCUT2D eigenvalue weighted by Gasteiger charge is -2.25. The maximum absolute atomic E-state index is 12.5. The number of hydrogen-bond acceptors (Lipinski definition) is 6. The van der Waals surface area contributed by atoms with E-state index in [1.54, 1.807) is 14.2 Å². The Balaban J connectivity index is 1.79. The van der Waals surface area contributed by atoms with E-state index in [0.717, 1.165) is 24.9 Å². The van der Waals surface area contributed by atoms with E-state index in [1.807, 2.05) is 23.1 Å². The smallest absolute Gasteiger partial charge is 0.244 e. The van der Waals surface area contributed by atoms with Gasteiger partial charge in [-0.1, -0.05) is 6.07 Å². The molecule has 2 heterocycles. The number of carbonyl (C=O) groups is 1. The van der Waals surface area contributed by atoms with Crippen molar-refractivity contribution in [1.82, 2.24) is 25.1 Å². The molecule has 0 spiro atoms. The maximum Gasteiger partial charge on any atom is 0.244 e. The summed E-state index contributed by atoms with van der Waals surface area (Å²) in [5, 5.41) is 10.9. The second kappa shape index (κ2) is 6.64. The Kier molecular flexibility index (Phi) is 4.40. The van der Waals surface area contributed by atoms with Crippen molar-refractivity contribution in [1.29, 1.82) is 0 Å². The molecule has 8 nitrogen and oxygen atoms in total. The molecular formula is C15H19N5O3. The van der Waals surface area contributed by atoms with Crippen LogP contribution in [-0.2, 0) is 11.3 Å². The molecule has 0 aliphatic carbocycles. The zero-order chi connectivity index (χ0) is 16.2. The summed E-state index contributed by atoms with van der Waals surface area (Å²) in [5.74, 6) is 1.36. The summed E-state index contributed by atoms with van der Waals surface area (Å²) in [6, 6.07) is 5.83. The highest BCUT2D eigenvalue weighted by molar-refractivity contribution is 5.76. The third-order valence-corrected chi connectivity index (χ3v) is 4.05. The number of rotatable bonds is 5. The predicted octanol–water partition coefficient (Wildman–Crippen LogP) is 1.05. The summed E-state index contributed by atoms with van der Waals surface area (Å²) >= 11 is 0. The molecule has 1 atom stereocenters. The van der Waals surface area contributed by atoms with Crippen LogP contribution in [0.4, 0.5) is 0 Å². The van der Waals surface area contributed by atoms with Crippen molar-refractivity contribution < 1.29 is 14.3 Å². The van der Waals surface area contributed by atoms with Crippen molar-refractivity contribution in [3.05, 3.63) is 30.1 Å². The van der Waals surface area contributed by atoms with Gasteiger partial charge in [-0.15, -0.1) is 5.10 Å². The summed E-state index contributed by atoms with van der Waals surface area (Å²) in [7, 11) is 3.21. The fourth-order valence-corrected chi connectivity index (χ4v) is 2.95. The summed E-state index contributed by atoms with van der Waals surface area (Å²) < 4.78 is 12.1. The molecule has 0 saturated carbocycles. The quantitative estimate of drug-likeness (QED) is 0.820. The summed E-state index contributed by atoms with van der Waals surface area (Å²) in [6.45, 7) is 0.886. The highest BCUT2D eigenvalue weighted by atomic mass is 16.5. The van der Waals surface area contributed by atoms with Gasteiger partial charge in [-0.25, -0.2) is 4.68 Å². The number of benzene rings is 1. The van der Waals surface area contributed by atoms with Crippen LogP contribution in [0, 0.1) is 0 Å². The molecule has 2 aromatic rings. The van der Waals surface area contributed by atoms with E-state index in [-0.39, 0.29) is 18.5 Å². The number of tetrazole rings is 1. The molecule has 1 aromatic heterocycles. The summed E-state index contributed by atoms with van der Waals surface area (Å²) in [4.78, 5) is 14.4. The molecule has 0 radical (unpaired) electrons. The number of methoxy groups -OCH3 is 2. The Morgan fingerprint density at radius 1 is 1.30 bits per heavy atom. The Morgan fingerprint density at radius 3 is 2.83 bits per heavy atom. The van der Waals surface area contributed by atoms with Gasteiger partial charge in [-0.2, -0.15) is 0 Å². The average molecular weight is 317 g/mol. The standard InChI is InChI=1S/C15H19N5O3/c1-22-13-6-5-11(8-14(13)23-2)12-4-3-7-20(12)15(21)9-19-10-16-17-18-19/h5-6,8,10,12H,3-4,7,9H2,1-2H3/t12-/m1/s1. The van der Waals surface area contributed by atoms with Gasteiger partial charge >= 0.3 is 0 Å². The topological polar surface area (TPSA) is 82.4 Å². The minimum atomic E-state index is 0.00887. The maximum atomic E-state index is 12.5. The number of hydrogen-bond donors (Lipinski definition) is 0. The Labute approximate surface area is 134 Å². The van der Waals surface area contributed by atoms with Gasteiger partial charge in [0, 0.05) is 6.54 Å². The third-order valence-electron chi connectivity index (χ3n) is 4.05. The van der Waals surface area contributed by atoms with Crippen LogP contribution in [0.2, 0.25) is 0 Å². The van der Waals surface area contributed by atoms with Crippen LogP contribution in [0.15, 0.2) is 24.5 Å². The zero-order valence-electron chi connectivity index (χ0n) is 13.2. The molecule has 1 saturated heterocycles. The number of amides is 1. The zero-order valence-corrected chi connectivity index (χ0v) is 13.2. The van der Waals surface area contributed by atoms with Crippen molar-refractivity contribution in [3.8, 4) is 11.5 Å². The molecule has 0 unspecified atom stereocenters. The van der Waals surface area contributed by atoms with E-state index in [0.29, 0.717) is 11.5 Å². The van der Waals surface area contributed by atoms with Crippen LogP contribution < -0.4 is 9.47 Å². The largest absolute Gasteiger partial charge is 0.493 e. The van der Waals surface area contributed by atoms with Crippen LogP contribution in [0.3, 0.4) is 0 Å². The Bertz CT molecular complexity index is 674. The molecule has 1 aliphatic heterocycles. The van der Waals surface area contributed by atoms with E-state index in [9.17, 15) is 4.79 Å². The number of carbonyl (C=O) groups excluding carboxylic acids is 1. The fourth-order valence-electron chi connectivity index (χ4n) is 2.95. The number of likely N-dealkylation sites (tertiary alicyclic amines) is 1. The molecule has 1 aliphatic rings. The highest BCUT2D eigenvalue weighted by Crippen LogP contribution is 2.36. The first-order valence-electron chi connectivity index (χ1n) is 7.45. The minimum Gasteiger partial charge on any atom is -0.493 e. The fraction of sp³-hybridized carbons (Fsp3) is 0.467. The number of nitrogens with zero attached hydrogens (tertiary/aromatic N) is 5. The monoisotopic (exact) mass is 317 g/mol. The van der Waals surface area contributed by atoms with Crippen LogP contribution in [0.1, 0.15) is 24.4 Å². The molecular weight excluding hydrogens is 298 g/mol. The van der Waals surface area contributed by atoms with Gasteiger partial charge in [0.25, 0.3) is 0 Å². The first-order chi connectivity index (χ1) is 11.2. The minimum absolute atomic E-state index is 0.00887. The number of aromatic nitrogens is 4. The molecule has 1 aromatic carbocycles. The summed E-state index contributed by atoms with van der Waals surface area (Å²) in [5.41, 5.74) is 1.05. The Hall–Kier alpha value is -2.64. The molecule has 0 bridgehead atoms. The number of ether oxygens (including phenoxy) is 2. The second-order valence-corrected chi connectivity index (χ2v) is 5.37. The molecule has 1 fully saturated rings. The Morgan fingerprint density at radius 2 is 2.13 bits per heavy atom. The van der Waals surface area contributed by atoms with Crippen molar-refractivity contribution in [2.24, 2.45) is 0 Å². The van der Waals surface area contributed by atoms with Gasteiger partial charge in [0.05, 0.1) is 20.3 Å². The van der Waals surface area contributed by atoms with Gasteiger partial charge in [0.1, 0.15) is 12.9 Å². The van der Waals surface area contributed by atoms with Crippen LogP contribution in [-0.4, -0.2) is 51.8 Å². The van der Waals surface area contributed by atoms with Gasteiger partial charge in [-0.05, 0) is 41.0 Å². The van der Waals surface area contributed by atoms with Crippen LogP contribution in [0.5, 0.6) is 11.5 Å². The van der Waals surface area contributed by atoms with Gasteiger partial charge in [0.2, 0.25) is 5.91 Å². The SMILES string of the molecule is COc1ccc([C@H]2CCCN2C(=O)Cn2cnnn2)cc1OC. The van der Waals surface area contributed by atoms with Crippen LogP contribution in [0.25, 0.3) is 0 Å². The van der Waals surface area contributed by atoms with Gasteiger partial charge in [0.15, 0.2) is 11.5 Å². The van der Waals surface area contributed by atoms with Crippen molar-refractivity contribution in [3.63, 3.8) is 0 Å². The second-order valence-electron chi connectivity index (χ2n) is 5.37. The van der Waals surface area contributed by atoms with Crippen molar-refractivity contribution in [2.75, 3.05) is 20.8 Å². The summed E-state index contributed by atoms with van der Waals surface area (Å²) in [6.07, 6.45) is 3.34. The molecule has 0 N–H and O–H groups in total. The predicted molar refractivity (Wildman–Crippen MR) is 81.1 cm³/mol. The third kappa shape index (κ3) is 3.10. The van der Waals surface area contributed by atoms with Crippen molar-refractivity contribution in [2.45, 2.75) is 25.4 Å². The lowest BCUT2D eigenvalue weighted by atomic mass is 10.0. The molecule has 23 heavy (non-hydrogen) atoms. The first kappa shape index (κ1) is 15.3. The molecule has 1 amide bonds. The molecule has 8 heteroatoms. The van der Waals surface area contributed by atoms with E-state index in [2.05, 4.69) is 15.5 Å².